The van der Waals surface area contributed by atoms with Gasteiger partial charge in [-0.25, -0.2) is 0 Å². The number of rotatable bonds is 2. The van der Waals surface area contributed by atoms with E-state index in [4.69, 9.17) is 34.8 Å². The zero-order valence-corrected chi connectivity index (χ0v) is 12.8. The molecule has 0 N–H and O–H groups in total. The van der Waals surface area contributed by atoms with Crippen molar-refractivity contribution in [2.45, 2.75) is 5.38 Å². The van der Waals surface area contributed by atoms with Crippen molar-refractivity contribution >= 4 is 56.9 Å². The molecule has 0 nitrogen and oxygen atoms in total. The van der Waals surface area contributed by atoms with Gasteiger partial charge in [-0.3, -0.25) is 0 Å². The number of fused-ring (bicyclic) bond motifs is 1. The van der Waals surface area contributed by atoms with E-state index in [1.165, 1.54) is 16.7 Å². The van der Waals surface area contributed by atoms with Gasteiger partial charge >= 0.3 is 0 Å². The second kappa shape index (κ2) is 5.34. The summed E-state index contributed by atoms with van der Waals surface area (Å²) in [6.45, 7) is 0. The van der Waals surface area contributed by atoms with Gasteiger partial charge in [-0.15, -0.1) is 22.9 Å². The number of alkyl halides is 1. The lowest BCUT2D eigenvalue weighted by molar-refractivity contribution is 1.18. The van der Waals surface area contributed by atoms with E-state index in [0.717, 1.165) is 16.5 Å². The Labute approximate surface area is 130 Å². The summed E-state index contributed by atoms with van der Waals surface area (Å²) in [4.78, 5) is 0. The Bertz CT molecular complexity index is 728. The molecule has 0 spiro atoms. The van der Waals surface area contributed by atoms with Gasteiger partial charge in [-0.05, 0) is 22.4 Å². The lowest BCUT2D eigenvalue weighted by Gasteiger charge is -2.12. The van der Waals surface area contributed by atoms with Gasteiger partial charge in [0.2, 0.25) is 0 Å². The molecular weight excluding hydrogens is 319 g/mol. The van der Waals surface area contributed by atoms with Crippen molar-refractivity contribution in [1.82, 2.24) is 0 Å². The minimum absolute atomic E-state index is 0.289. The Balaban J connectivity index is 2.16. The van der Waals surface area contributed by atoms with Crippen LogP contribution < -0.4 is 0 Å². The number of benzene rings is 2. The third kappa shape index (κ3) is 2.48. The fourth-order valence-corrected chi connectivity index (χ4v) is 4.18. The first kappa shape index (κ1) is 13.3. The van der Waals surface area contributed by atoms with Crippen LogP contribution in [-0.2, 0) is 0 Å². The van der Waals surface area contributed by atoms with Gasteiger partial charge < -0.3 is 0 Å². The maximum atomic E-state index is 6.59. The molecule has 1 aromatic heterocycles. The van der Waals surface area contributed by atoms with Crippen LogP contribution in [0.5, 0.6) is 0 Å². The smallest absolute Gasteiger partial charge is 0.0994 e. The molecular formula is C15H9Cl3S. The predicted molar refractivity (Wildman–Crippen MR) is 86.0 cm³/mol. The zero-order chi connectivity index (χ0) is 13.4. The van der Waals surface area contributed by atoms with Crippen LogP contribution in [0.2, 0.25) is 8.67 Å². The normalized spacial score (nSPS) is 12.8. The molecule has 1 atom stereocenters. The molecule has 0 aliphatic heterocycles. The largest absolute Gasteiger partial charge is 0.112 e. The van der Waals surface area contributed by atoms with Gasteiger partial charge in [-0.1, -0.05) is 65.7 Å². The van der Waals surface area contributed by atoms with E-state index < -0.39 is 0 Å². The van der Waals surface area contributed by atoms with Crippen LogP contribution in [0.25, 0.3) is 10.8 Å². The number of halogens is 3. The molecule has 4 heteroatoms. The molecule has 0 radical (unpaired) electrons. The Hall–Kier alpha value is -0.730. The van der Waals surface area contributed by atoms with Crippen LogP contribution in [0.1, 0.15) is 16.5 Å². The van der Waals surface area contributed by atoms with Gasteiger partial charge in [0.05, 0.1) is 14.0 Å². The molecule has 0 amide bonds. The second-order valence-corrected chi connectivity index (χ2v) is 6.93. The molecule has 1 heterocycles. The highest BCUT2D eigenvalue weighted by Gasteiger charge is 2.18. The minimum atomic E-state index is -0.289. The number of hydrogen-bond donors (Lipinski definition) is 0. The molecule has 0 bridgehead atoms. The molecule has 0 saturated carbocycles. The van der Waals surface area contributed by atoms with Crippen molar-refractivity contribution in [2.75, 3.05) is 0 Å². The lowest BCUT2D eigenvalue weighted by Crippen LogP contribution is -1.93. The Morgan fingerprint density at radius 1 is 0.895 bits per heavy atom. The monoisotopic (exact) mass is 326 g/mol. The van der Waals surface area contributed by atoms with Crippen molar-refractivity contribution < 1.29 is 0 Å². The maximum Gasteiger partial charge on any atom is 0.0994 e. The molecule has 19 heavy (non-hydrogen) atoms. The zero-order valence-electron chi connectivity index (χ0n) is 9.74. The Morgan fingerprint density at radius 3 is 2.37 bits per heavy atom. The van der Waals surface area contributed by atoms with E-state index in [0.29, 0.717) is 8.67 Å². The van der Waals surface area contributed by atoms with Crippen LogP contribution in [0.15, 0.2) is 48.5 Å². The first-order valence-electron chi connectivity index (χ1n) is 5.73. The average Bonchev–Trinajstić information content (AvgIpc) is 2.76. The van der Waals surface area contributed by atoms with Gasteiger partial charge in [0.15, 0.2) is 0 Å². The summed E-state index contributed by atoms with van der Waals surface area (Å²) >= 11 is 20.1. The summed E-state index contributed by atoms with van der Waals surface area (Å²) in [7, 11) is 0. The minimum Gasteiger partial charge on any atom is -0.112 e. The van der Waals surface area contributed by atoms with E-state index in [1.54, 1.807) is 0 Å². The average molecular weight is 328 g/mol. The van der Waals surface area contributed by atoms with E-state index >= 15 is 0 Å². The number of thiophene rings is 1. The molecule has 0 aliphatic rings. The van der Waals surface area contributed by atoms with Crippen molar-refractivity contribution in [1.29, 1.82) is 0 Å². The third-order valence-corrected chi connectivity index (χ3v) is 5.04. The van der Waals surface area contributed by atoms with Crippen LogP contribution >= 0.6 is 46.1 Å². The molecule has 3 aromatic rings. The van der Waals surface area contributed by atoms with Crippen molar-refractivity contribution in [3.63, 3.8) is 0 Å². The predicted octanol–water partition coefficient (Wildman–Crippen LogP) is 6.54. The first-order chi connectivity index (χ1) is 9.16. The van der Waals surface area contributed by atoms with Crippen molar-refractivity contribution in [3.8, 4) is 0 Å². The Morgan fingerprint density at radius 2 is 1.63 bits per heavy atom. The highest BCUT2D eigenvalue weighted by molar-refractivity contribution is 7.20. The maximum absolute atomic E-state index is 6.59. The summed E-state index contributed by atoms with van der Waals surface area (Å²) in [5.74, 6) is 0. The fourth-order valence-electron chi connectivity index (χ4n) is 2.16. The van der Waals surface area contributed by atoms with E-state index in [9.17, 15) is 0 Å². The van der Waals surface area contributed by atoms with Crippen LogP contribution in [0, 0.1) is 0 Å². The molecule has 96 valence electrons. The van der Waals surface area contributed by atoms with E-state index in [1.807, 2.05) is 30.3 Å². The summed E-state index contributed by atoms with van der Waals surface area (Å²) in [5, 5.41) is 2.02. The van der Waals surface area contributed by atoms with Crippen molar-refractivity contribution in [2.24, 2.45) is 0 Å². The standard InChI is InChI=1S/C15H9Cl3S/c16-13-8-12(15(18)19-13)14(17)11-7-3-5-9-4-1-2-6-10(9)11/h1-8,14H. The molecule has 1 unspecified atom stereocenters. The molecule has 2 aromatic carbocycles. The first-order valence-corrected chi connectivity index (χ1v) is 7.74. The summed E-state index contributed by atoms with van der Waals surface area (Å²) in [5.41, 5.74) is 1.92. The van der Waals surface area contributed by atoms with Crippen LogP contribution in [-0.4, -0.2) is 0 Å². The lowest BCUT2D eigenvalue weighted by atomic mass is 9.99. The van der Waals surface area contributed by atoms with Crippen LogP contribution in [0.4, 0.5) is 0 Å². The molecule has 3 rings (SSSR count). The summed E-state index contributed by atoms with van der Waals surface area (Å²) in [6.07, 6.45) is 0. The highest BCUT2D eigenvalue weighted by Crippen LogP contribution is 2.42. The summed E-state index contributed by atoms with van der Waals surface area (Å²) in [6, 6.07) is 16.1. The third-order valence-electron chi connectivity index (χ3n) is 3.05. The van der Waals surface area contributed by atoms with Gasteiger partial charge in [-0.2, -0.15) is 0 Å². The second-order valence-electron chi connectivity index (χ2n) is 4.21. The van der Waals surface area contributed by atoms with Gasteiger partial charge in [0.25, 0.3) is 0 Å². The van der Waals surface area contributed by atoms with Gasteiger partial charge in [0.1, 0.15) is 0 Å². The SMILES string of the molecule is Clc1cc(C(Cl)c2cccc3ccccc23)c(Cl)s1. The molecule has 0 saturated heterocycles. The quantitative estimate of drug-likeness (QED) is 0.469. The number of hydrogen-bond acceptors (Lipinski definition) is 1. The topological polar surface area (TPSA) is 0 Å². The fraction of sp³-hybridized carbons (Fsp3) is 0.0667. The Kier molecular flexibility index (Phi) is 3.72. The molecule has 0 aliphatic carbocycles. The van der Waals surface area contributed by atoms with Crippen LogP contribution in [0.3, 0.4) is 0 Å². The van der Waals surface area contributed by atoms with Gasteiger partial charge in [0, 0.05) is 5.56 Å². The van der Waals surface area contributed by atoms with Crippen molar-refractivity contribution in [3.05, 3.63) is 68.3 Å². The summed E-state index contributed by atoms with van der Waals surface area (Å²) < 4.78 is 1.31. The van der Waals surface area contributed by atoms with E-state index in [2.05, 4.69) is 18.2 Å². The molecule has 0 fully saturated rings. The van der Waals surface area contributed by atoms with E-state index in [-0.39, 0.29) is 5.38 Å². The highest BCUT2D eigenvalue weighted by atomic mass is 35.5.